The molecule has 1 amide bonds. The van der Waals surface area contributed by atoms with E-state index in [4.69, 9.17) is 14.6 Å². The van der Waals surface area contributed by atoms with Crippen LogP contribution in [0.2, 0.25) is 0 Å². The average Bonchev–Trinajstić information content (AvgIpc) is 3.28. The molecular weight excluding hydrogens is 433 g/mol. The number of hydrogen-bond donors (Lipinski definition) is 2. The highest BCUT2D eigenvalue weighted by atomic mass is 19.1. The number of amides is 1. The molecule has 0 radical (unpaired) electrons. The van der Waals surface area contributed by atoms with Crippen LogP contribution in [0.15, 0.2) is 24.3 Å². The molecule has 0 saturated carbocycles. The first kappa shape index (κ1) is 22.8. The third-order valence-corrected chi connectivity index (χ3v) is 5.03. The molecule has 1 fully saturated rings. The van der Waals surface area contributed by atoms with Crippen LogP contribution < -0.4 is 5.32 Å². The number of nitrogens with one attached hydrogen (secondary N) is 1. The lowest BCUT2D eigenvalue weighted by Crippen LogP contribution is -2.40. The molecule has 1 saturated heterocycles. The maximum absolute atomic E-state index is 13.4. The van der Waals surface area contributed by atoms with Crippen molar-refractivity contribution in [2.45, 2.75) is 39.1 Å². The molecule has 12 heteroatoms. The van der Waals surface area contributed by atoms with Crippen LogP contribution >= 0.6 is 0 Å². The van der Waals surface area contributed by atoms with Gasteiger partial charge in [0, 0.05) is 6.54 Å². The zero-order valence-electron chi connectivity index (χ0n) is 18.2. The Labute approximate surface area is 189 Å². The van der Waals surface area contributed by atoms with Crippen molar-refractivity contribution >= 4 is 5.91 Å². The molecular formula is C21H24FN7O4. The van der Waals surface area contributed by atoms with Gasteiger partial charge in [-0.3, -0.25) is 4.79 Å². The number of aliphatic hydroxyl groups is 1. The Balaban J connectivity index is 1.41. The SMILES string of the molecule is Cc1nc(C(=O)NCc2ccc(F)c(C)c2)cc(-c2nnn(CC3COC(CO)CO3)n2)n1. The quantitative estimate of drug-likeness (QED) is 0.522. The van der Waals surface area contributed by atoms with Gasteiger partial charge in [0.2, 0.25) is 5.82 Å². The number of halogens is 1. The molecule has 33 heavy (non-hydrogen) atoms. The Bertz CT molecular complexity index is 1130. The molecule has 1 aliphatic heterocycles. The minimum absolute atomic E-state index is 0.0923. The van der Waals surface area contributed by atoms with E-state index < -0.39 is 5.91 Å². The van der Waals surface area contributed by atoms with Gasteiger partial charge in [0.15, 0.2) is 0 Å². The highest BCUT2D eigenvalue weighted by Gasteiger charge is 2.23. The maximum atomic E-state index is 13.4. The number of carbonyl (C=O) groups excluding carboxylic acids is 1. The predicted molar refractivity (Wildman–Crippen MR) is 112 cm³/mol. The van der Waals surface area contributed by atoms with E-state index in [9.17, 15) is 9.18 Å². The molecule has 3 heterocycles. The number of tetrazole rings is 1. The number of aliphatic hydroxyl groups excluding tert-OH is 1. The minimum Gasteiger partial charge on any atom is -0.394 e. The number of nitrogens with zero attached hydrogens (tertiary/aromatic N) is 6. The summed E-state index contributed by atoms with van der Waals surface area (Å²) < 4.78 is 24.5. The number of carbonyl (C=O) groups is 1. The van der Waals surface area contributed by atoms with Crippen LogP contribution in [0.3, 0.4) is 0 Å². The molecule has 2 aromatic heterocycles. The van der Waals surface area contributed by atoms with E-state index in [2.05, 4.69) is 30.7 Å². The van der Waals surface area contributed by atoms with Crippen LogP contribution in [0.5, 0.6) is 0 Å². The number of aromatic nitrogens is 6. The fraction of sp³-hybridized carbons (Fsp3) is 0.429. The van der Waals surface area contributed by atoms with Gasteiger partial charge in [-0.05, 0) is 42.3 Å². The zero-order valence-corrected chi connectivity index (χ0v) is 18.2. The van der Waals surface area contributed by atoms with Gasteiger partial charge < -0.3 is 19.9 Å². The van der Waals surface area contributed by atoms with Gasteiger partial charge in [0.1, 0.15) is 35.2 Å². The highest BCUT2D eigenvalue weighted by molar-refractivity contribution is 5.93. The van der Waals surface area contributed by atoms with Gasteiger partial charge in [0.05, 0.1) is 26.4 Å². The Hall–Kier alpha value is -3.35. The van der Waals surface area contributed by atoms with Gasteiger partial charge in [-0.2, -0.15) is 4.80 Å². The highest BCUT2D eigenvalue weighted by Crippen LogP contribution is 2.14. The molecule has 2 atom stereocenters. The van der Waals surface area contributed by atoms with Gasteiger partial charge in [-0.15, -0.1) is 10.2 Å². The summed E-state index contributed by atoms with van der Waals surface area (Å²) in [5.74, 6) is -0.0692. The summed E-state index contributed by atoms with van der Waals surface area (Å²) in [5, 5.41) is 24.2. The van der Waals surface area contributed by atoms with E-state index in [1.54, 1.807) is 26.0 Å². The Morgan fingerprint density at radius 3 is 2.73 bits per heavy atom. The Morgan fingerprint density at radius 1 is 1.21 bits per heavy atom. The summed E-state index contributed by atoms with van der Waals surface area (Å²) in [6.07, 6.45) is -0.584. The summed E-state index contributed by atoms with van der Waals surface area (Å²) in [4.78, 5) is 22.5. The van der Waals surface area contributed by atoms with Crippen molar-refractivity contribution in [2.24, 2.45) is 0 Å². The lowest BCUT2D eigenvalue weighted by molar-refractivity contribution is -0.150. The smallest absolute Gasteiger partial charge is 0.270 e. The van der Waals surface area contributed by atoms with Crippen molar-refractivity contribution < 1.29 is 23.8 Å². The van der Waals surface area contributed by atoms with Crippen molar-refractivity contribution in [3.63, 3.8) is 0 Å². The third-order valence-electron chi connectivity index (χ3n) is 5.03. The van der Waals surface area contributed by atoms with Crippen LogP contribution in [0.25, 0.3) is 11.5 Å². The summed E-state index contributed by atoms with van der Waals surface area (Å²) in [7, 11) is 0. The first-order chi connectivity index (χ1) is 15.9. The lowest BCUT2D eigenvalue weighted by Gasteiger charge is -2.27. The normalized spacial score (nSPS) is 18.3. The van der Waals surface area contributed by atoms with E-state index in [1.165, 1.54) is 16.9 Å². The van der Waals surface area contributed by atoms with E-state index in [0.717, 1.165) is 5.56 Å². The summed E-state index contributed by atoms with van der Waals surface area (Å²) in [6, 6.07) is 6.16. The molecule has 11 nitrogen and oxygen atoms in total. The molecule has 2 unspecified atom stereocenters. The zero-order chi connectivity index (χ0) is 23.4. The largest absolute Gasteiger partial charge is 0.394 e. The van der Waals surface area contributed by atoms with Gasteiger partial charge in [-0.25, -0.2) is 14.4 Å². The third kappa shape index (κ3) is 5.72. The van der Waals surface area contributed by atoms with Crippen LogP contribution in [0.4, 0.5) is 4.39 Å². The molecule has 0 bridgehead atoms. The fourth-order valence-corrected chi connectivity index (χ4v) is 3.29. The van der Waals surface area contributed by atoms with Crippen molar-refractivity contribution in [3.8, 4) is 11.5 Å². The fourth-order valence-electron chi connectivity index (χ4n) is 3.29. The van der Waals surface area contributed by atoms with Crippen LogP contribution in [-0.2, 0) is 22.6 Å². The molecule has 0 aliphatic carbocycles. The van der Waals surface area contributed by atoms with Crippen molar-refractivity contribution in [2.75, 3.05) is 19.8 Å². The van der Waals surface area contributed by atoms with E-state index in [-0.39, 0.29) is 42.7 Å². The first-order valence-corrected chi connectivity index (χ1v) is 10.4. The van der Waals surface area contributed by atoms with Crippen molar-refractivity contribution in [1.82, 2.24) is 35.5 Å². The van der Waals surface area contributed by atoms with Gasteiger partial charge in [-0.1, -0.05) is 12.1 Å². The predicted octanol–water partition coefficient (Wildman–Crippen LogP) is 0.592. The monoisotopic (exact) mass is 457 g/mol. The lowest BCUT2D eigenvalue weighted by atomic mass is 10.1. The van der Waals surface area contributed by atoms with E-state index in [1.807, 2.05) is 0 Å². The van der Waals surface area contributed by atoms with Gasteiger partial charge >= 0.3 is 0 Å². The van der Waals surface area contributed by atoms with E-state index >= 15 is 0 Å². The Morgan fingerprint density at radius 2 is 2.00 bits per heavy atom. The van der Waals surface area contributed by atoms with Crippen LogP contribution in [-0.4, -0.2) is 73.2 Å². The molecule has 174 valence electrons. The standard InChI is InChI=1S/C21H24FN7O4/c1-12-5-14(3-4-17(12)22)7-23-21(31)19-6-18(24-13(2)25-19)20-26-28-29(27-20)8-15-10-33-16(9-30)11-32-15/h3-6,15-16,30H,7-11H2,1-2H3,(H,23,31). The van der Waals surface area contributed by atoms with Crippen molar-refractivity contribution in [1.29, 1.82) is 0 Å². The summed E-state index contributed by atoms with van der Waals surface area (Å²) in [5.41, 5.74) is 1.80. The molecule has 1 aromatic carbocycles. The topological polar surface area (TPSA) is 137 Å². The maximum Gasteiger partial charge on any atom is 0.270 e. The van der Waals surface area contributed by atoms with Crippen LogP contribution in [0, 0.1) is 19.7 Å². The first-order valence-electron chi connectivity index (χ1n) is 10.4. The summed E-state index contributed by atoms with van der Waals surface area (Å²) >= 11 is 0. The van der Waals surface area contributed by atoms with Gasteiger partial charge in [0.25, 0.3) is 5.91 Å². The second-order valence-corrected chi connectivity index (χ2v) is 7.71. The molecule has 1 aliphatic rings. The number of ether oxygens (including phenoxy) is 2. The second kappa shape index (κ2) is 10.1. The molecule has 0 spiro atoms. The number of aryl methyl sites for hydroxylation is 2. The van der Waals surface area contributed by atoms with Crippen LogP contribution in [0.1, 0.15) is 27.4 Å². The molecule has 3 aromatic rings. The second-order valence-electron chi connectivity index (χ2n) is 7.71. The number of rotatable bonds is 7. The summed E-state index contributed by atoms with van der Waals surface area (Å²) in [6.45, 7) is 4.40. The van der Waals surface area contributed by atoms with E-state index in [0.29, 0.717) is 36.8 Å². The Kier molecular flexibility index (Phi) is 6.96. The average molecular weight is 457 g/mol. The number of hydrogen-bond acceptors (Lipinski definition) is 9. The molecule has 2 N–H and O–H groups in total. The molecule has 4 rings (SSSR count). The van der Waals surface area contributed by atoms with Crippen molar-refractivity contribution in [3.05, 3.63) is 52.7 Å². The number of benzene rings is 1. The minimum atomic E-state index is -0.401.